The van der Waals surface area contributed by atoms with Gasteiger partial charge in [-0.25, -0.2) is 4.79 Å². The summed E-state index contributed by atoms with van der Waals surface area (Å²) < 4.78 is 0.907. The summed E-state index contributed by atoms with van der Waals surface area (Å²) in [4.78, 5) is 39.5. The van der Waals surface area contributed by atoms with E-state index in [1.54, 1.807) is 24.3 Å². The van der Waals surface area contributed by atoms with Crippen molar-refractivity contribution in [1.29, 1.82) is 0 Å². The van der Waals surface area contributed by atoms with Gasteiger partial charge in [-0.15, -0.1) is 0 Å². The molecule has 0 aliphatic carbocycles. The van der Waals surface area contributed by atoms with Crippen LogP contribution in [0.15, 0.2) is 33.9 Å². The van der Waals surface area contributed by atoms with Crippen LogP contribution in [-0.2, 0) is 11.3 Å². The van der Waals surface area contributed by atoms with Crippen LogP contribution in [0, 0.1) is 5.92 Å². The van der Waals surface area contributed by atoms with Crippen LogP contribution in [-0.4, -0.2) is 27.5 Å². The molecule has 130 valence electrons. The molecule has 2 rings (SSSR count). The van der Waals surface area contributed by atoms with Crippen LogP contribution in [0.4, 0.5) is 0 Å². The van der Waals surface area contributed by atoms with Gasteiger partial charge in [-0.3, -0.25) is 14.2 Å². The Labute approximate surface area is 139 Å². The smallest absolute Gasteiger partial charge is 0.329 e. The normalized spacial score (nSPS) is 13.9. The lowest BCUT2D eigenvalue weighted by Crippen LogP contribution is -2.54. The maximum Gasteiger partial charge on any atom is 0.329 e. The molecular formula is C17H24N4O3. The SMILES string of the molecule is CC(C)CC(C)(CN)NC(=O)Cn1c(=O)[nH]c2ccccc2c1=O. The molecule has 0 aliphatic rings. The van der Waals surface area contributed by atoms with Gasteiger partial charge < -0.3 is 16.0 Å². The van der Waals surface area contributed by atoms with E-state index in [9.17, 15) is 14.4 Å². The molecule has 1 aromatic carbocycles. The highest BCUT2D eigenvalue weighted by atomic mass is 16.2. The van der Waals surface area contributed by atoms with Gasteiger partial charge in [-0.05, 0) is 31.4 Å². The molecule has 0 saturated heterocycles. The Hall–Kier alpha value is -2.41. The number of hydrogen-bond acceptors (Lipinski definition) is 4. The van der Waals surface area contributed by atoms with E-state index in [1.165, 1.54) is 0 Å². The highest BCUT2D eigenvalue weighted by Crippen LogP contribution is 2.15. The third-order valence-corrected chi connectivity index (χ3v) is 3.94. The fraction of sp³-hybridized carbons (Fsp3) is 0.471. The number of rotatable bonds is 6. The zero-order chi connectivity index (χ0) is 17.9. The quantitative estimate of drug-likeness (QED) is 0.718. The van der Waals surface area contributed by atoms with Gasteiger partial charge in [0.2, 0.25) is 5.91 Å². The lowest BCUT2D eigenvalue weighted by molar-refractivity contribution is -0.123. The van der Waals surface area contributed by atoms with Gasteiger partial charge >= 0.3 is 5.69 Å². The summed E-state index contributed by atoms with van der Waals surface area (Å²) in [6.07, 6.45) is 0.707. The van der Waals surface area contributed by atoms with Crippen molar-refractivity contribution in [3.8, 4) is 0 Å². The van der Waals surface area contributed by atoms with Crippen LogP contribution in [0.1, 0.15) is 27.2 Å². The largest absolute Gasteiger partial charge is 0.348 e. The third kappa shape index (κ3) is 3.91. The van der Waals surface area contributed by atoms with Crippen LogP contribution < -0.4 is 22.3 Å². The molecule has 0 saturated carbocycles. The summed E-state index contributed by atoms with van der Waals surface area (Å²) in [5, 5.41) is 3.22. The molecule has 7 nitrogen and oxygen atoms in total. The standard InChI is InChI=1S/C17H24N4O3/c1-11(2)8-17(3,10-18)20-14(22)9-21-15(23)12-6-4-5-7-13(12)19-16(21)24/h4-7,11H,8-10,18H2,1-3H3,(H,19,24)(H,20,22). The van der Waals surface area contributed by atoms with Crippen molar-refractivity contribution in [3.05, 3.63) is 45.1 Å². The molecule has 7 heteroatoms. The van der Waals surface area contributed by atoms with Crippen molar-refractivity contribution < 1.29 is 4.79 Å². The van der Waals surface area contributed by atoms with Gasteiger partial charge in [0, 0.05) is 12.1 Å². The van der Waals surface area contributed by atoms with E-state index in [4.69, 9.17) is 5.73 Å². The van der Waals surface area contributed by atoms with Gasteiger partial charge in [-0.2, -0.15) is 0 Å². The first-order valence-corrected chi connectivity index (χ1v) is 7.99. The number of aromatic nitrogens is 2. The number of hydrogen-bond donors (Lipinski definition) is 3. The highest BCUT2D eigenvalue weighted by Gasteiger charge is 2.26. The number of carbonyl (C=O) groups is 1. The maximum absolute atomic E-state index is 12.4. The number of benzene rings is 1. The summed E-state index contributed by atoms with van der Waals surface area (Å²) in [5.74, 6) is -0.0582. The van der Waals surface area contributed by atoms with Crippen LogP contribution in [0.25, 0.3) is 10.9 Å². The molecule has 2 aromatic rings. The molecule has 0 fully saturated rings. The molecule has 0 spiro atoms. The first-order valence-electron chi connectivity index (χ1n) is 7.99. The number of nitrogens with two attached hydrogens (primary N) is 1. The maximum atomic E-state index is 12.4. The topological polar surface area (TPSA) is 110 Å². The Balaban J connectivity index is 2.28. The first kappa shape index (κ1) is 17.9. The minimum absolute atomic E-state index is 0.278. The van der Waals surface area contributed by atoms with Crippen LogP contribution in [0.5, 0.6) is 0 Å². The monoisotopic (exact) mass is 332 g/mol. The number of fused-ring (bicyclic) bond motifs is 1. The van der Waals surface area contributed by atoms with Crippen molar-refractivity contribution in [3.63, 3.8) is 0 Å². The Morgan fingerprint density at radius 3 is 2.62 bits per heavy atom. The molecular weight excluding hydrogens is 308 g/mol. The average Bonchev–Trinajstić information content (AvgIpc) is 2.50. The second kappa shape index (κ2) is 7.00. The zero-order valence-electron chi connectivity index (χ0n) is 14.3. The Morgan fingerprint density at radius 1 is 1.33 bits per heavy atom. The molecule has 1 amide bonds. The fourth-order valence-corrected chi connectivity index (χ4v) is 2.95. The molecule has 1 aromatic heterocycles. The number of H-pyrrole nitrogens is 1. The van der Waals surface area contributed by atoms with Crippen LogP contribution in [0.3, 0.4) is 0 Å². The van der Waals surface area contributed by atoms with E-state index in [2.05, 4.69) is 10.3 Å². The van der Waals surface area contributed by atoms with Gasteiger partial charge in [0.15, 0.2) is 0 Å². The minimum atomic E-state index is -0.604. The van der Waals surface area contributed by atoms with E-state index in [0.29, 0.717) is 23.2 Å². The van der Waals surface area contributed by atoms with E-state index >= 15 is 0 Å². The van der Waals surface area contributed by atoms with Crippen molar-refractivity contribution >= 4 is 16.8 Å². The first-order chi connectivity index (χ1) is 11.3. The lowest BCUT2D eigenvalue weighted by Gasteiger charge is -2.31. The summed E-state index contributed by atoms with van der Waals surface area (Å²) >= 11 is 0. The Morgan fingerprint density at radius 2 is 2.00 bits per heavy atom. The number of nitrogens with zero attached hydrogens (tertiary/aromatic N) is 1. The molecule has 0 aliphatic heterocycles. The summed E-state index contributed by atoms with van der Waals surface area (Å²) in [5.41, 5.74) is 4.58. The molecule has 1 atom stereocenters. The van der Waals surface area contributed by atoms with E-state index in [0.717, 1.165) is 4.57 Å². The predicted molar refractivity (Wildman–Crippen MR) is 93.9 cm³/mol. The van der Waals surface area contributed by atoms with Gasteiger partial charge in [-0.1, -0.05) is 26.0 Å². The van der Waals surface area contributed by atoms with Gasteiger partial charge in [0.25, 0.3) is 5.56 Å². The average molecular weight is 332 g/mol. The van der Waals surface area contributed by atoms with E-state index in [1.807, 2.05) is 20.8 Å². The molecule has 4 N–H and O–H groups in total. The summed E-state index contributed by atoms with van der Waals surface area (Å²) in [6.45, 7) is 5.88. The predicted octanol–water partition coefficient (Wildman–Crippen LogP) is 0.570. The summed E-state index contributed by atoms with van der Waals surface area (Å²) in [7, 11) is 0. The minimum Gasteiger partial charge on any atom is -0.348 e. The number of carbonyl (C=O) groups excluding carboxylic acids is 1. The van der Waals surface area contributed by atoms with Crippen LogP contribution >= 0.6 is 0 Å². The second-order valence-corrected chi connectivity index (χ2v) is 6.78. The summed E-state index contributed by atoms with van der Waals surface area (Å²) in [6, 6.07) is 6.70. The number of amides is 1. The van der Waals surface area contributed by atoms with Crippen molar-refractivity contribution in [2.75, 3.05) is 6.54 Å². The van der Waals surface area contributed by atoms with Crippen LogP contribution in [0.2, 0.25) is 0 Å². The molecule has 1 heterocycles. The fourth-order valence-electron chi connectivity index (χ4n) is 2.95. The molecule has 1 unspecified atom stereocenters. The zero-order valence-corrected chi connectivity index (χ0v) is 14.3. The highest BCUT2D eigenvalue weighted by molar-refractivity contribution is 5.79. The molecule has 24 heavy (non-hydrogen) atoms. The molecule has 0 bridgehead atoms. The second-order valence-electron chi connectivity index (χ2n) is 6.78. The number of nitrogens with one attached hydrogen (secondary N) is 2. The van der Waals surface area contributed by atoms with Crippen molar-refractivity contribution in [2.24, 2.45) is 11.7 Å². The Kier molecular flexibility index (Phi) is 5.23. The van der Waals surface area contributed by atoms with Gasteiger partial charge in [0.1, 0.15) is 6.54 Å². The third-order valence-electron chi connectivity index (χ3n) is 3.94. The van der Waals surface area contributed by atoms with Crippen molar-refractivity contribution in [2.45, 2.75) is 39.3 Å². The Bertz CT molecular complexity index is 853. The number of para-hydroxylation sites is 1. The van der Waals surface area contributed by atoms with Crippen molar-refractivity contribution in [1.82, 2.24) is 14.9 Å². The van der Waals surface area contributed by atoms with Gasteiger partial charge in [0.05, 0.1) is 10.9 Å². The number of aromatic amines is 1. The van der Waals surface area contributed by atoms with E-state index < -0.39 is 22.7 Å². The molecule has 0 radical (unpaired) electrons. The van der Waals surface area contributed by atoms with E-state index in [-0.39, 0.29) is 13.1 Å². The lowest BCUT2D eigenvalue weighted by atomic mass is 9.91.